The van der Waals surface area contributed by atoms with E-state index < -0.39 is 6.10 Å². The van der Waals surface area contributed by atoms with Crippen molar-refractivity contribution < 1.29 is 14.3 Å². The highest BCUT2D eigenvalue weighted by atomic mass is 35.5. The van der Waals surface area contributed by atoms with Gasteiger partial charge in [0.05, 0.1) is 10.9 Å². The number of piperidine rings is 1. The van der Waals surface area contributed by atoms with Gasteiger partial charge in [0.25, 0.3) is 5.91 Å². The maximum atomic E-state index is 12.8. The van der Waals surface area contributed by atoms with Crippen LogP contribution < -0.4 is 10.1 Å². The molecule has 0 aliphatic carbocycles. The zero-order chi connectivity index (χ0) is 20.1. The average molecular weight is 421 g/mol. The first-order valence-corrected chi connectivity index (χ1v) is 9.96. The van der Waals surface area contributed by atoms with Crippen LogP contribution in [0.4, 0.5) is 5.69 Å². The van der Waals surface area contributed by atoms with Crippen molar-refractivity contribution in [3.8, 4) is 5.75 Å². The second-order valence-electron chi connectivity index (χ2n) is 6.81. The minimum Gasteiger partial charge on any atom is -0.479 e. The molecule has 1 fully saturated rings. The number of hydrogen-bond donors (Lipinski definition) is 1. The Balaban J connectivity index is 1.59. The Morgan fingerprint density at radius 2 is 1.93 bits per heavy atom. The third-order valence-corrected chi connectivity index (χ3v) is 5.22. The van der Waals surface area contributed by atoms with Crippen molar-refractivity contribution in [1.29, 1.82) is 0 Å². The highest BCUT2D eigenvalue weighted by Gasteiger charge is 2.31. The molecule has 5 nitrogen and oxygen atoms in total. The Hall–Kier alpha value is -2.24. The van der Waals surface area contributed by atoms with Crippen molar-refractivity contribution in [2.75, 3.05) is 18.4 Å². The fourth-order valence-electron chi connectivity index (χ4n) is 3.23. The monoisotopic (exact) mass is 420 g/mol. The molecule has 2 aromatic carbocycles. The number of likely N-dealkylation sites (tertiary alicyclic amines) is 1. The number of ether oxygens (including phenoxy) is 1. The van der Waals surface area contributed by atoms with Gasteiger partial charge in [-0.05, 0) is 50.1 Å². The van der Waals surface area contributed by atoms with Crippen LogP contribution >= 0.6 is 23.2 Å². The molecule has 148 valence electrons. The topological polar surface area (TPSA) is 58.6 Å². The standard InChI is InChI=1S/C21H22Cl2N2O3/c1-14(28-19-10-9-16(22)12-18(19)23)21(27)25-11-5-6-15(13-25)20(26)24-17-7-3-2-4-8-17/h2-4,7-10,12,14-15H,5-6,11,13H2,1H3,(H,24,26). The first-order valence-electron chi connectivity index (χ1n) is 9.20. The van der Waals surface area contributed by atoms with Gasteiger partial charge in [0.15, 0.2) is 6.10 Å². The number of benzene rings is 2. The second-order valence-corrected chi connectivity index (χ2v) is 7.66. The predicted octanol–water partition coefficient (Wildman–Crippen LogP) is 4.64. The molecule has 1 aliphatic heterocycles. The van der Waals surface area contributed by atoms with E-state index in [9.17, 15) is 9.59 Å². The lowest BCUT2D eigenvalue weighted by Gasteiger charge is -2.33. The highest BCUT2D eigenvalue weighted by Crippen LogP contribution is 2.29. The van der Waals surface area contributed by atoms with E-state index in [2.05, 4.69) is 5.32 Å². The fraction of sp³-hybridized carbons (Fsp3) is 0.333. The van der Waals surface area contributed by atoms with E-state index in [1.54, 1.807) is 30.0 Å². The summed E-state index contributed by atoms with van der Waals surface area (Å²) in [5, 5.41) is 3.77. The largest absolute Gasteiger partial charge is 0.479 e. The number of halogens is 2. The first-order chi connectivity index (χ1) is 13.4. The lowest BCUT2D eigenvalue weighted by molar-refractivity contribution is -0.140. The molecule has 7 heteroatoms. The van der Waals surface area contributed by atoms with E-state index in [4.69, 9.17) is 27.9 Å². The van der Waals surface area contributed by atoms with Gasteiger partial charge in [-0.2, -0.15) is 0 Å². The summed E-state index contributed by atoms with van der Waals surface area (Å²) < 4.78 is 5.72. The molecule has 2 amide bonds. The molecule has 0 aromatic heterocycles. The normalized spacial score (nSPS) is 17.7. The van der Waals surface area contributed by atoms with Crippen molar-refractivity contribution >= 4 is 40.7 Å². The van der Waals surface area contributed by atoms with Crippen LogP contribution in [0, 0.1) is 5.92 Å². The Labute approximate surface area is 174 Å². The molecule has 28 heavy (non-hydrogen) atoms. The highest BCUT2D eigenvalue weighted by molar-refractivity contribution is 6.35. The maximum Gasteiger partial charge on any atom is 0.263 e. The molecule has 1 saturated heterocycles. The van der Waals surface area contributed by atoms with Crippen LogP contribution in [0.3, 0.4) is 0 Å². The van der Waals surface area contributed by atoms with Crippen LogP contribution in [-0.4, -0.2) is 35.9 Å². The Morgan fingerprint density at radius 1 is 1.18 bits per heavy atom. The van der Waals surface area contributed by atoms with E-state index >= 15 is 0 Å². The summed E-state index contributed by atoms with van der Waals surface area (Å²) in [4.78, 5) is 27.1. The summed E-state index contributed by atoms with van der Waals surface area (Å²) in [7, 11) is 0. The molecule has 0 saturated carbocycles. The van der Waals surface area contributed by atoms with E-state index in [1.807, 2.05) is 30.3 Å². The van der Waals surface area contributed by atoms with E-state index in [1.165, 1.54) is 0 Å². The Bertz CT molecular complexity index is 845. The first kappa shape index (κ1) is 20.5. The van der Waals surface area contributed by atoms with Crippen LogP contribution in [0.15, 0.2) is 48.5 Å². The molecule has 3 rings (SSSR count). The fourth-order valence-corrected chi connectivity index (χ4v) is 3.68. The second kappa shape index (κ2) is 9.30. The summed E-state index contributed by atoms with van der Waals surface area (Å²) in [6, 6.07) is 14.2. The van der Waals surface area contributed by atoms with Crippen LogP contribution in [0.2, 0.25) is 10.0 Å². The van der Waals surface area contributed by atoms with Crippen LogP contribution in [0.25, 0.3) is 0 Å². The summed E-state index contributed by atoms with van der Waals surface area (Å²) in [6.45, 7) is 2.66. The quantitative estimate of drug-likeness (QED) is 0.766. The predicted molar refractivity (Wildman–Crippen MR) is 111 cm³/mol. The summed E-state index contributed by atoms with van der Waals surface area (Å²) in [6.07, 6.45) is 0.808. The summed E-state index contributed by atoms with van der Waals surface area (Å²) >= 11 is 12.0. The van der Waals surface area contributed by atoms with Crippen molar-refractivity contribution in [3.63, 3.8) is 0 Å². The summed E-state index contributed by atoms with van der Waals surface area (Å²) in [5.41, 5.74) is 0.755. The van der Waals surface area contributed by atoms with Crippen molar-refractivity contribution in [1.82, 2.24) is 4.90 Å². The molecule has 0 radical (unpaired) electrons. The van der Waals surface area contributed by atoms with Crippen LogP contribution in [-0.2, 0) is 9.59 Å². The SMILES string of the molecule is CC(Oc1ccc(Cl)cc1Cl)C(=O)N1CCCC(C(=O)Nc2ccccc2)C1. The van der Waals surface area contributed by atoms with Gasteiger partial charge in [-0.3, -0.25) is 9.59 Å². The van der Waals surface area contributed by atoms with Gasteiger partial charge in [-0.25, -0.2) is 0 Å². The van der Waals surface area contributed by atoms with Gasteiger partial charge in [0, 0.05) is 23.8 Å². The van der Waals surface area contributed by atoms with E-state index in [-0.39, 0.29) is 17.7 Å². The molecule has 2 aromatic rings. The lowest BCUT2D eigenvalue weighted by atomic mass is 9.96. The molecule has 1 N–H and O–H groups in total. The average Bonchev–Trinajstić information content (AvgIpc) is 2.70. The van der Waals surface area contributed by atoms with Crippen molar-refractivity contribution in [3.05, 3.63) is 58.6 Å². The molecule has 2 unspecified atom stereocenters. The molecule has 0 bridgehead atoms. The van der Waals surface area contributed by atoms with Gasteiger partial charge in [0.2, 0.25) is 5.91 Å². The third-order valence-electron chi connectivity index (χ3n) is 4.69. The summed E-state index contributed by atoms with van der Waals surface area (Å²) in [5.74, 6) is -0.0761. The van der Waals surface area contributed by atoms with Crippen molar-refractivity contribution in [2.45, 2.75) is 25.9 Å². The minimum atomic E-state index is -0.713. The number of carbonyl (C=O) groups is 2. The number of nitrogens with one attached hydrogen (secondary N) is 1. The number of rotatable bonds is 5. The molecule has 2 atom stereocenters. The Kier molecular flexibility index (Phi) is 6.81. The number of para-hydroxylation sites is 1. The molecule has 0 spiro atoms. The molecular weight excluding hydrogens is 399 g/mol. The zero-order valence-electron chi connectivity index (χ0n) is 15.5. The number of amides is 2. The number of nitrogens with zero attached hydrogens (tertiary/aromatic N) is 1. The van der Waals surface area contributed by atoms with E-state index in [0.717, 1.165) is 18.5 Å². The van der Waals surface area contributed by atoms with Crippen LogP contribution in [0.5, 0.6) is 5.75 Å². The van der Waals surface area contributed by atoms with Gasteiger partial charge >= 0.3 is 0 Å². The van der Waals surface area contributed by atoms with Gasteiger partial charge in [0.1, 0.15) is 5.75 Å². The molecule has 1 heterocycles. The molecular formula is C21H22Cl2N2O3. The van der Waals surface area contributed by atoms with Gasteiger partial charge < -0.3 is 15.0 Å². The third kappa shape index (κ3) is 5.18. The maximum absolute atomic E-state index is 12.8. The van der Waals surface area contributed by atoms with Crippen LogP contribution in [0.1, 0.15) is 19.8 Å². The zero-order valence-corrected chi connectivity index (χ0v) is 17.0. The number of carbonyl (C=O) groups excluding carboxylic acids is 2. The van der Waals surface area contributed by atoms with Gasteiger partial charge in [-0.1, -0.05) is 41.4 Å². The number of hydrogen-bond acceptors (Lipinski definition) is 3. The van der Waals surface area contributed by atoms with E-state index in [0.29, 0.717) is 28.9 Å². The van der Waals surface area contributed by atoms with Gasteiger partial charge in [-0.15, -0.1) is 0 Å². The Morgan fingerprint density at radius 3 is 2.64 bits per heavy atom. The number of anilines is 1. The minimum absolute atomic E-state index is 0.0713. The molecule has 1 aliphatic rings. The lowest BCUT2D eigenvalue weighted by Crippen LogP contribution is -2.48. The van der Waals surface area contributed by atoms with Crippen molar-refractivity contribution in [2.24, 2.45) is 5.92 Å². The smallest absolute Gasteiger partial charge is 0.263 e.